The molecule has 4 nitrogen and oxygen atoms in total. The van der Waals surface area contributed by atoms with Crippen molar-refractivity contribution in [2.45, 2.75) is 26.3 Å². The monoisotopic (exact) mass is 296 g/mol. The van der Waals surface area contributed by atoms with Crippen molar-refractivity contribution >= 4 is 23.4 Å². The minimum absolute atomic E-state index is 0.206. The Morgan fingerprint density at radius 2 is 2.10 bits per heavy atom. The van der Waals surface area contributed by atoms with E-state index in [9.17, 15) is 4.79 Å². The molecule has 1 saturated heterocycles. The van der Waals surface area contributed by atoms with Gasteiger partial charge in [-0.1, -0.05) is 11.6 Å². The van der Waals surface area contributed by atoms with Gasteiger partial charge < -0.3 is 14.5 Å². The summed E-state index contributed by atoms with van der Waals surface area (Å²) in [4.78, 5) is 15.9. The van der Waals surface area contributed by atoms with Crippen molar-refractivity contribution in [2.75, 3.05) is 31.1 Å². The third-order valence-electron chi connectivity index (χ3n) is 3.63. The minimum Gasteiger partial charge on any atom is -0.450 e. The normalized spacial score (nSPS) is 18.1. The number of likely N-dealkylation sites (N-methyl/N-ethyl adjacent to an activating group) is 1. The summed E-state index contributed by atoms with van der Waals surface area (Å²) in [5.74, 6) is 0. The van der Waals surface area contributed by atoms with Gasteiger partial charge in [-0.3, -0.25) is 0 Å². The Morgan fingerprint density at radius 3 is 2.70 bits per heavy atom. The average Bonchev–Trinajstić information content (AvgIpc) is 2.92. The first kappa shape index (κ1) is 15.0. The van der Waals surface area contributed by atoms with Gasteiger partial charge in [0.05, 0.1) is 6.61 Å². The maximum Gasteiger partial charge on any atom is 0.409 e. The molecule has 110 valence electrons. The number of benzene rings is 1. The summed E-state index contributed by atoms with van der Waals surface area (Å²) < 4.78 is 5.06. The Morgan fingerprint density at radius 1 is 1.40 bits per heavy atom. The molecule has 2 rings (SSSR count). The van der Waals surface area contributed by atoms with E-state index in [4.69, 9.17) is 16.3 Å². The lowest BCUT2D eigenvalue weighted by molar-refractivity contribution is 0.115. The van der Waals surface area contributed by atoms with Crippen LogP contribution in [-0.2, 0) is 4.74 Å². The number of rotatable bonds is 4. The lowest BCUT2D eigenvalue weighted by Gasteiger charge is -2.30. The molecule has 0 spiro atoms. The molecule has 0 unspecified atom stereocenters. The van der Waals surface area contributed by atoms with E-state index >= 15 is 0 Å². The molecule has 1 heterocycles. The Kier molecular flexibility index (Phi) is 5.12. The van der Waals surface area contributed by atoms with Crippen molar-refractivity contribution in [2.24, 2.45) is 0 Å². The molecule has 0 aliphatic carbocycles. The molecule has 0 aromatic heterocycles. The van der Waals surface area contributed by atoms with Crippen LogP contribution < -0.4 is 4.90 Å². The predicted octanol–water partition coefficient (Wildman–Crippen LogP) is 3.40. The summed E-state index contributed by atoms with van der Waals surface area (Å²) in [5, 5.41) is 0.740. The quantitative estimate of drug-likeness (QED) is 0.854. The van der Waals surface area contributed by atoms with Crippen LogP contribution in [0.25, 0.3) is 0 Å². The van der Waals surface area contributed by atoms with E-state index in [1.807, 2.05) is 31.2 Å². The number of carbonyl (C=O) groups is 1. The fourth-order valence-corrected chi connectivity index (χ4v) is 2.79. The first-order chi connectivity index (χ1) is 9.65. The fourth-order valence-electron chi connectivity index (χ4n) is 2.66. The van der Waals surface area contributed by atoms with Crippen molar-refractivity contribution in [1.29, 1.82) is 0 Å². The number of likely N-dealkylation sites (tertiary alicyclic amines) is 1. The second-order valence-electron chi connectivity index (χ2n) is 4.85. The van der Waals surface area contributed by atoms with E-state index in [0.717, 1.165) is 36.8 Å². The molecule has 1 aromatic rings. The van der Waals surface area contributed by atoms with Gasteiger partial charge in [-0.25, -0.2) is 4.79 Å². The third kappa shape index (κ3) is 3.37. The summed E-state index contributed by atoms with van der Waals surface area (Å²) in [5.41, 5.74) is 1.15. The molecule has 1 fully saturated rings. The van der Waals surface area contributed by atoms with Gasteiger partial charge in [0.2, 0.25) is 0 Å². The lowest BCUT2D eigenvalue weighted by Crippen LogP contribution is -2.39. The summed E-state index contributed by atoms with van der Waals surface area (Å²) in [7, 11) is 0. The molecular formula is C15H21ClN2O2. The Bertz CT molecular complexity index is 450. The van der Waals surface area contributed by atoms with Gasteiger partial charge in [0.25, 0.3) is 0 Å². The van der Waals surface area contributed by atoms with E-state index in [1.54, 1.807) is 4.90 Å². The van der Waals surface area contributed by atoms with E-state index in [-0.39, 0.29) is 6.09 Å². The van der Waals surface area contributed by atoms with Crippen molar-refractivity contribution < 1.29 is 9.53 Å². The number of anilines is 1. The first-order valence-corrected chi connectivity index (χ1v) is 7.47. The predicted molar refractivity (Wildman–Crippen MR) is 81.5 cm³/mol. The van der Waals surface area contributed by atoms with Crippen LogP contribution in [0.4, 0.5) is 10.5 Å². The van der Waals surface area contributed by atoms with Gasteiger partial charge in [0, 0.05) is 36.4 Å². The topological polar surface area (TPSA) is 32.8 Å². The number of hydrogen-bond acceptors (Lipinski definition) is 3. The van der Waals surface area contributed by atoms with Gasteiger partial charge >= 0.3 is 6.09 Å². The van der Waals surface area contributed by atoms with E-state index in [1.165, 1.54) is 0 Å². The molecule has 0 bridgehead atoms. The molecule has 0 radical (unpaired) electrons. The van der Waals surface area contributed by atoms with Crippen LogP contribution in [-0.4, -0.2) is 43.3 Å². The van der Waals surface area contributed by atoms with E-state index < -0.39 is 0 Å². The molecular weight excluding hydrogens is 276 g/mol. The standard InChI is InChI=1S/C15H21ClN2O2/c1-3-18(13-7-5-12(16)6-8-13)14-9-10-17(11-14)15(19)20-4-2/h5-8,14H,3-4,9-11H2,1-2H3/t14-/m1/s1. The molecule has 0 saturated carbocycles. The number of halogens is 1. The number of amides is 1. The van der Waals surface area contributed by atoms with Crippen LogP contribution in [0.15, 0.2) is 24.3 Å². The molecule has 1 amide bonds. The fraction of sp³-hybridized carbons (Fsp3) is 0.533. The average molecular weight is 297 g/mol. The van der Waals surface area contributed by atoms with Crippen molar-refractivity contribution in [1.82, 2.24) is 4.90 Å². The van der Waals surface area contributed by atoms with Gasteiger partial charge in [-0.05, 0) is 44.5 Å². The molecule has 1 aliphatic rings. The molecule has 0 N–H and O–H groups in total. The molecule has 1 atom stereocenters. The van der Waals surface area contributed by atoms with Crippen molar-refractivity contribution in [3.05, 3.63) is 29.3 Å². The highest BCUT2D eigenvalue weighted by Gasteiger charge is 2.30. The van der Waals surface area contributed by atoms with Crippen LogP contribution >= 0.6 is 11.6 Å². The van der Waals surface area contributed by atoms with E-state index in [2.05, 4.69) is 11.8 Å². The molecule has 1 aromatic carbocycles. The Hall–Kier alpha value is -1.42. The summed E-state index contributed by atoms with van der Waals surface area (Å²) in [6.45, 7) is 6.76. The van der Waals surface area contributed by atoms with Crippen molar-refractivity contribution in [3.63, 3.8) is 0 Å². The second-order valence-corrected chi connectivity index (χ2v) is 5.29. The molecule has 1 aliphatic heterocycles. The largest absolute Gasteiger partial charge is 0.450 e. The maximum absolute atomic E-state index is 11.8. The number of hydrogen-bond donors (Lipinski definition) is 0. The molecule has 5 heteroatoms. The zero-order valence-electron chi connectivity index (χ0n) is 12.0. The lowest BCUT2D eigenvalue weighted by atomic mass is 10.2. The van der Waals surface area contributed by atoms with E-state index in [0.29, 0.717) is 12.6 Å². The summed E-state index contributed by atoms with van der Waals surface area (Å²) in [6.07, 6.45) is 0.761. The van der Waals surface area contributed by atoms with Gasteiger partial charge in [-0.2, -0.15) is 0 Å². The summed E-state index contributed by atoms with van der Waals surface area (Å²) in [6, 6.07) is 8.19. The smallest absolute Gasteiger partial charge is 0.409 e. The Balaban J connectivity index is 2.03. The highest BCUT2D eigenvalue weighted by Crippen LogP contribution is 2.24. The highest BCUT2D eigenvalue weighted by molar-refractivity contribution is 6.30. The third-order valence-corrected chi connectivity index (χ3v) is 3.88. The van der Waals surface area contributed by atoms with Crippen LogP contribution in [0.1, 0.15) is 20.3 Å². The zero-order chi connectivity index (χ0) is 14.5. The number of nitrogens with zero attached hydrogens (tertiary/aromatic N) is 2. The molecule has 20 heavy (non-hydrogen) atoms. The minimum atomic E-state index is -0.206. The first-order valence-electron chi connectivity index (χ1n) is 7.09. The van der Waals surface area contributed by atoms with Gasteiger partial charge in [-0.15, -0.1) is 0 Å². The highest BCUT2D eigenvalue weighted by atomic mass is 35.5. The van der Waals surface area contributed by atoms with Crippen LogP contribution in [0, 0.1) is 0 Å². The van der Waals surface area contributed by atoms with Crippen molar-refractivity contribution in [3.8, 4) is 0 Å². The summed E-state index contributed by atoms with van der Waals surface area (Å²) >= 11 is 5.93. The van der Waals surface area contributed by atoms with Gasteiger partial charge in [0.15, 0.2) is 0 Å². The SMILES string of the molecule is CCOC(=O)N1CC[C@@H](N(CC)c2ccc(Cl)cc2)C1. The number of ether oxygens (including phenoxy) is 1. The Labute approximate surface area is 125 Å². The van der Waals surface area contributed by atoms with Crippen LogP contribution in [0.2, 0.25) is 5.02 Å². The van der Waals surface area contributed by atoms with Crippen LogP contribution in [0.5, 0.6) is 0 Å². The maximum atomic E-state index is 11.8. The number of carbonyl (C=O) groups excluding carboxylic acids is 1. The zero-order valence-corrected chi connectivity index (χ0v) is 12.8. The van der Waals surface area contributed by atoms with Crippen LogP contribution in [0.3, 0.4) is 0 Å². The second kappa shape index (κ2) is 6.84. The van der Waals surface area contributed by atoms with Gasteiger partial charge in [0.1, 0.15) is 0 Å².